The number of halogens is 1. The van der Waals surface area contributed by atoms with E-state index in [1.165, 1.54) is 0 Å². The molecule has 0 spiro atoms. The molecule has 1 aromatic carbocycles. The Morgan fingerprint density at radius 1 is 1.37 bits per heavy atom. The van der Waals surface area contributed by atoms with Crippen molar-refractivity contribution in [2.24, 2.45) is 10.7 Å². The molecule has 1 aliphatic rings. The maximum absolute atomic E-state index is 11.0. The van der Waals surface area contributed by atoms with Crippen molar-refractivity contribution in [1.82, 2.24) is 15.5 Å². The highest BCUT2D eigenvalue weighted by atomic mass is 127. The lowest BCUT2D eigenvalue weighted by Crippen LogP contribution is -2.50. The van der Waals surface area contributed by atoms with Crippen LogP contribution in [0.1, 0.15) is 25.3 Å². The minimum absolute atomic E-state index is 0. The molecule has 0 aliphatic carbocycles. The maximum atomic E-state index is 11.0. The smallest absolute Gasteiger partial charge is 0.231 e. The number of guanidine groups is 1. The topological polar surface area (TPSA) is 92.0 Å². The number of hydrogen-bond acceptors (Lipinski definition) is 4. The summed E-state index contributed by atoms with van der Waals surface area (Å²) in [6.45, 7) is 6.81. The molecule has 0 saturated carbocycles. The number of hydrogen-bond donors (Lipinski definition) is 3. The molecule has 0 radical (unpaired) electrons. The molecule has 1 amide bonds. The monoisotopic (exact) mass is 489 g/mol. The second kappa shape index (κ2) is 12.0. The van der Waals surface area contributed by atoms with E-state index in [4.69, 9.17) is 10.5 Å². The van der Waals surface area contributed by atoms with E-state index < -0.39 is 0 Å². The van der Waals surface area contributed by atoms with Crippen LogP contribution in [0.5, 0.6) is 5.75 Å². The summed E-state index contributed by atoms with van der Waals surface area (Å²) in [6, 6.07) is 8.36. The number of benzene rings is 1. The zero-order valence-corrected chi connectivity index (χ0v) is 18.7. The van der Waals surface area contributed by atoms with Gasteiger partial charge in [-0.25, -0.2) is 0 Å². The van der Waals surface area contributed by atoms with E-state index in [0.29, 0.717) is 19.1 Å². The van der Waals surface area contributed by atoms with Gasteiger partial charge in [0, 0.05) is 26.2 Å². The van der Waals surface area contributed by atoms with E-state index in [2.05, 4.69) is 20.5 Å². The van der Waals surface area contributed by atoms with Crippen LogP contribution in [0, 0.1) is 6.92 Å². The molecule has 1 heterocycles. The fourth-order valence-corrected chi connectivity index (χ4v) is 3.03. The fourth-order valence-electron chi connectivity index (χ4n) is 3.03. The van der Waals surface area contributed by atoms with Crippen LogP contribution in [-0.2, 0) is 4.79 Å². The molecule has 8 heteroatoms. The molecule has 0 bridgehead atoms. The second-order valence-corrected chi connectivity index (χ2v) is 6.81. The third kappa shape index (κ3) is 8.34. The number of aryl methyl sites for hydroxylation is 1. The van der Waals surface area contributed by atoms with Gasteiger partial charge in [0.15, 0.2) is 5.96 Å². The molecule has 1 aromatic rings. The second-order valence-electron chi connectivity index (χ2n) is 6.81. The normalized spacial score (nSPS) is 16.9. The van der Waals surface area contributed by atoms with E-state index in [9.17, 15) is 4.79 Å². The molecule has 1 atom stereocenters. The van der Waals surface area contributed by atoms with Crippen LogP contribution in [0.25, 0.3) is 0 Å². The van der Waals surface area contributed by atoms with Gasteiger partial charge in [-0.1, -0.05) is 18.2 Å². The number of amides is 1. The number of rotatable bonds is 7. The van der Waals surface area contributed by atoms with E-state index in [1.54, 1.807) is 7.05 Å². The van der Waals surface area contributed by atoms with Crippen molar-refractivity contribution < 1.29 is 9.53 Å². The van der Waals surface area contributed by atoms with Crippen molar-refractivity contribution in [3.8, 4) is 5.75 Å². The van der Waals surface area contributed by atoms with Gasteiger partial charge in [-0.2, -0.15) is 0 Å². The molecule has 1 unspecified atom stereocenters. The Hall–Kier alpha value is -1.55. The van der Waals surface area contributed by atoms with Gasteiger partial charge in [0.1, 0.15) is 11.9 Å². The Labute approximate surface area is 179 Å². The summed E-state index contributed by atoms with van der Waals surface area (Å²) in [5.41, 5.74) is 6.38. The van der Waals surface area contributed by atoms with Gasteiger partial charge < -0.3 is 21.1 Å². The number of para-hydroxylation sites is 1. The molecular formula is C19H32IN5O2. The largest absolute Gasteiger partial charge is 0.489 e. The number of ether oxygens (including phenoxy) is 1. The molecule has 0 aromatic heterocycles. The van der Waals surface area contributed by atoms with Crippen molar-refractivity contribution in [2.45, 2.75) is 38.8 Å². The highest BCUT2D eigenvalue weighted by molar-refractivity contribution is 14.0. The molecule has 27 heavy (non-hydrogen) atoms. The summed E-state index contributed by atoms with van der Waals surface area (Å²) in [6.07, 6.45) is 1.94. The first-order valence-corrected chi connectivity index (χ1v) is 9.18. The van der Waals surface area contributed by atoms with E-state index in [0.717, 1.165) is 43.2 Å². The zero-order chi connectivity index (χ0) is 18.9. The first-order chi connectivity index (χ1) is 12.5. The number of aliphatic imine (C=N–C) groups is 1. The Kier molecular flexibility index (Phi) is 10.5. The Balaban J connectivity index is 0.00000364. The van der Waals surface area contributed by atoms with E-state index in [1.807, 2.05) is 38.1 Å². The number of carbonyl (C=O) groups excluding carboxylic acids is 1. The highest BCUT2D eigenvalue weighted by Crippen LogP contribution is 2.17. The highest BCUT2D eigenvalue weighted by Gasteiger charge is 2.21. The third-order valence-corrected chi connectivity index (χ3v) is 4.51. The number of piperidine rings is 1. The summed E-state index contributed by atoms with van der Waals surface area (Å²) >= 11 is 0. The summed E-state index contributed by atoms with van der Waals surface area (Å²) in [5, 5.41) is 6.78. The van der Waals surface area contributed by atoms with Gasteiger partial charge in [-0.15, -0.1) is 24.0 Å². The van der Waals surface area contributed by atoms with Crippen molar-refractivity contribution in [3.05, 3.63) is 29.8 Å². The Morgan fingerprint density at radius 2 is 2.04 bits per heavy atom. The van der Waals surface area contributed by atoms with Gasteiger partial charge in [0.05, 0.1) is 13.1 Å². The lowest BCUT2D eigenvalue weighted by atomic mass is 10.1. The van der Waals surface area contributed by atoms with Crippen molar-refractivity contribution in [2.75, 3.05) is 33.2 Å². The first-order valence-electron chi connectivity index (χ1n) is 9.18. The van der Waals surface area contributed by atoms with Crippen LogP contribution in [0.2, 0.25) is 0 Å². The van der Waals surface area contributed by atoms with Crippen LogP contribution in [-0.4, -0.2) is 62.1 Å². The zero-order valence-electron chi connectivity index (χ0n) is 16.4. The SMILES string of the molecule is CN=C(NCC(C)Oc1ccccc1C)NC1CCN(CC(N)=O)CC1.I. The molecule has 4 N–H and O–H groups in total. The lowest BCUT2D eigenvalue weighted by molar-refractivity contribution is -0.119. The average molecular weight is 489 g/mol. The Bertz CT molecular complexity index is 618. The van der Waals surface area contributed by atoms with Gasteiger partial charge >= 0.3 is 0 Å². The number of nitrogens with one attached hydrogen (secondary N) is 2. The summed E-state index contributed by atoms with van der Waals surface area (Å²) in [5.74, 6) is 1.42. The quantitative estimate of drug-likeness (QED) is 0.307. The van der Waals surface area contributed by atoms with Crippen molar-refractivity contribution in [1.29, 1.82) is 0 Å². The van der Waals surface area contributed by atoms with Crippen molar-refractivity contribution in [3.63, 3.8) is 0 Å². The lowest BCUT2D eigenvalue weighted by Gasteiger charge is -2.32. The fraction of sp³-hybridized carbons (Fsp3) is 0.579. The predicted octanol–water partition coefficient (Wildman–Crippen LogP) is 1.50. The maximum Gasteiger partial charge on any atom is 0.231 e. The molecule has 7 nitrogen and oxygen atoms in total. The summed E-state index contributed by atoms with van der Waals surface area (Å²) < 4.78 is 5.99. The average Bonchev–Trinajstić information content (AvgIpc) is 2.61. The predicted molar refractivity (Wildman–Crippen MR) is 120 cm³/mol. The van der Waals surface area contributed by atoms with E-state index >= 15 is 0 Å². The molecule has 152 valence electrons. The molecule has 2 rings (SSSR count). The summed E-state index contributed by atoms with van der Waals surface area (Å²) in [7, 11) is 1.77. The first kappa shape index (κ1) is 23.5. The minimum Gasteiger partial charge on any atom is -0.489 e. The molecule has 1 saturated heterocycles. The van der Waals surface area contributed by atoms with Gasteiger partial charge in [0.25, 0.3) is 0 Å². The summed E-state index contributed by atoms with van der Waals surface area (Å²) in [4.78, 5) is 17.4. The van der Waals surface area contributed by atoms with Crippen LogP contribution in [0.15, 0.2) is 29.3 Å². The minimum atomic E-state index is -0.267. The van der Waals surface area contributed by atoms with Gasteiger partial charge in [-0.05, 0) is 38.3 Å². The van der Waals surface area contributed by atoms with Crippen LogP contribution < -0.4 is 21.1 Å². The van der Waals surface area contributed by atoms with Crippen LogP contribution in [0.4, 0.5) is 0 Å². The number of likely N-dealkylation sites (tertiary alicyclic amines) is 1. The Morgan fingerprint density at radius 3 is 2.63 bits per heavy atom. The number of carbonyl (C=O) groups is 1. The van der Waals surface area contributed by atoms with Gasteiger partial charge in [0.2, 0.25) is 5.91 Å². The number of nitrogens with two attached hydrogens (primary N) is 1. The van der Waals surface area contributed by atoms with Gasteiger partial charge in [-0.3, -0.25) is 14.7 Å². The van der Waals surface area contributed by atoms with Crippen LogP contribution >= 0.6 is 24.0 Å². The number of nitrogens with zero attached hydrogens (tertiary/aromatic N) is 2. The van der Waals surface area contributed by atoms with E-state index in [-0.39, 0.29) is 36.0 Å². The molecule has 1 fully saturated rings. The van der Waals surface area contributed by atoms with Crippen LogP contribution in [0.3, 0.4) is 0 Å². The standard InChI is InChI=1S/C19H31N5O2.HI/c1-14-6-4-5-7-17(14)26-15(2)12-22-19(21-3)23-16-8-10-24(11-9-16)13-18(20)25;/h4-7,15-16H,8-13H2,1-3H3,(H2,20,25)(H2,21,22,23);1H. The molecule has 1 aliphatic heterocycles. The third-order valence-electron chi connectivity index (χ3n) is 4.51. The van der Waals surface area contributed by atoms with Crippen molar-refractivity contribution >= 4 is 35.8 Å². The number of primary amides is 1. The molecular weight excluding hydrogens is 457 g/mol.